The molecule has 0 aliphatic carbocycles. The average molecular weight is 431 g/mol. The fourth-order valence-corrected chi connectivity index (χ4v) is 4.71. The third-order valence-electron chi connectivity index (χ3n) is 5.52. The second-order valence-corrected chi connectivity index (χ2v) is 8.90. The predicted molar refractivity (Wildman–Crippen MR) is 125 cm³/mol. The Morgan fingerprint density at radius 2 is 1.74 bits per heavy atom. The van der Waals surface area contributed by atoms with E-state index in [1.165, 1.54) is 11.8 Å². The van der Waals surface area contributed by atoms with Crippen molar-refractivity contribution < 1.29 is 4.79 Å². The van der Waals surface area contributed by atoms with E-state index in [2.05, 4.69) is 10.4 Å². The number of benzene rings is 2. The van der Waals surface area contributed by atoms with Crippen LogP contribution in [0.5, 0.6) is 0 Å². The van der Waals surface area contributed by atoms with Gasteiger partial charge in [-0.1, -0.05) is 36.0 Å². The van der Waals surface area contributed by atoms with Crippen LogP contribution < -0.4 is 5.32 Å². The summed E-state index contributed by atoms with van der Waals surface area (Å²) in [5, 5.41) is 8.78. The van der Waals surface area contributed by atoms with Crippen LogP contribution in [0.4, 0.5) is 5.69 Å². The van der Waals surface area contributed by atoms with Crippen molar-refractivity contribution in [1.29, 1.82) is 0 Å². The predicted octanol–water partition coefficient (Wildman–Crippen LogP) is 4.51. The van der Waals surface area contributed by atoms with E-state index in [0.29, 0.717) is 0 Å². The number of nitrogens with zero attached hydrogens (tertiary/aromatic N) is 5. The number of carbonyl (C=O) groups excluding carboxylic acids is 1. The summed E-state index contributed by atoms with van der Waals surface area (Å²) < 4.78 is 3.82. The van der Waals surface area contributed by atoms with Crippen LogP contribution in [0.2, 0.25) is 0 Å². The fourth-order valence-electron chi connectivity index (χ4n) is 3.78. The Kier molecular flexibility index (Phi) is 4.66. The van der Waals surface area contributed by atoms with Crippen molar-refractivity contribution in [3.8, 4) is 0 Å². The van der Waals surface area contributed by atoms with Crippen LogP contribution in [0, 0.1) is 13.8 Å². The number of para-hydroxylation sites is 3. The molecule has 7 nitrogen and oxygen atoms in total. The SMILES string of the molecule is Cc1nn(C)c(C)c1NC(=O)C(C)Sc1nc2ccccc2c2nc3ccccc3n12. The summed E-state index contributed by atoms with van der Waals surface area (Å²) >= 11 is 1.43. The first-order chi connectivity index (χ1) is 14.9. The minimum Gasteiger partial charge on any atom is -0.322 e. The summed E-state index contributed by atoms with van der Waals surface area (Å²) in [5.41, 5.74) is 6.09. The highest BCUT2D eigenvalue weighted by Gasteiger charge is 2.22. The van der Waals surface area contributed by atoms with Crippen LogP contribution in [-0.2, 0) is 11.8 Å². The number of fused-ring (bicyclic) bond motifs is 5. The van der Waals surface area contributed by atoms with E-state index in [4.69, 9.17) is 9.97 Å². The quantitative estimate of drug-likeness (QED) is 0.335. The molecule has 0 spiro atoms. The molecule has 0 bridgehead atoms. The molecule has 2 aromatic carbocycles. The van der Waals surface area contributed by atoms with Crippen molar-refractivity contribution in [3.05, 3.63) is 59.9 Å². The van der Waals surface area contributed by atoms with Crippen molar-refractivity contribution >= 4 is 50.9 Å². The van der Waals surface area contributed by atoms with Gasteiger partial charge in [0.15, 0.2) is 5.16 Å². The van der Waals surface area contributed by atoms with Crippen LogP contribution in [0.3, 0.4) is 0 Å². The molecule has 0 saturated carbocycles. The van der Waals surface area contributed by atoms with Crippen molar-refractivity contribution in [2.24, 2.45) is 7.05 Å². The molecule has 156 valence electrons. The number of amides is 1. The monoisotopic (exact) mass is 430 g/mol. The highest BCUT2D eigenvalue weighted by atomic mass is 32.2. The van der Waals surface area contributed by atoms with Crippen LogP contribution >= 0.6 is 11.8 Å². The van der Waals surface area contributed by atoms with Gasteiger partial charge in [0.2, 0.25) is 5.91 Å². The zero-order valence-electron chi connectivity index (χ0n) is 17.7. The van der Waals surface area contributed by atoms with Gasteiger partial charge in [-0.05, 0) is 45.0 Å². The summed E-state index contributed by atoms with van der Waals surface area (Å²) in [6.07, 6.45) is 0. The topological polar surface area (TPSA) is 77.1 Å². The maximum Gasteiger partial charge on any atom is 0.237 e. The third kappa shape index (κ3) is 3.23. The van der Waals surface area contributed by atoms with Gasteiger partial charge in [-0.15, -0.1) is 0 Å². The third-order valence-corrected chi connectivity index (χ3v) is 6.57. The number of thioether (sulfide) groups is 1. The highest BCUT2D eigenvalue weighted by molar-refractivity contribution is 8.00. The Morgan fingerprint density at radius 3 is 2.48 bits per heavy atom. The number of aromatic nitrogens is 5. The van der Waals surface area contributed by atoms with E-state index in [0.717, 1.165) is 49.8 Å². The summed E-state index contributed by atoms with van der Waals surface area (Å²) in [6, 6.07) is 16.0. The van der Waals surface area contributed by atoms with Crippen LogP contribution in [0.1, 0.15) is 18.3 Å². The van der Waals surface area contributed by atoms with Gasteiger partial charge in [0.05, 0.1) is 38.9 Å². The number of imidazole rings is 1. The Bertz CT molecular complexity index is 1470. The van der Waals surface area contributed by atoms with E-state index in [1.54, 1.807) is 4.68 Å². The minimum absolute atomic E-state index is 0.0864. The molecule has 31 heavy (non-hydrogen) atoms. The number of hydrogen-bond acceptors (Lipinski definition) is 5. The van der Waals surface area contributed by atoms with Gasteiger partial charge in [-0.2, -0.15) is 5.10 Å². The first-order valence-corrected chi connectivity index (χ1v) is 11.0. The molecule has 3 aromatic heterocycles. The van der Waals surface area contributed by atoms with Crippen molar-refractivity contribution in [3.63, 3.8) is 0 Å². The summed E-state index contributed by atoms with van der Waals surface area (Å²) in [6.45, 7) is 5.73. The number of carbonyl (C=O) groups is 1. The average Bonchev–Trinajstić information content (AvgIpc) is 3.27. The maximum atomic E-state index is 13.0. The normalized spacial score (nSPS) is 12.6. The Hall–Kier alpha value is -3.39. The molecule has 3 heterocycles. The number of aryl methyl sites for hydroxylation is 2. The molecule has 0 aliphatic heterocycles. The molecule has 0 fully saturated rings. The largest absolute Gasteiger partial charge is 0.322 e. The van der Waals surface area contributed by atoms with Crippen molar-refractivity contribution in [2.75, 3.05) is 5.32 Å². The lowest BCUT2D eigenvalue weighted by atomic mass is 10.2. The zero-order valence-corrected chi connectivity index (χ0v) is 18.6. The van der Waals surface area contributed by atoms with Crippen LogP contribution in [-0.4, -0.2) is 35.3 Å². The Labute approximate surface area is 183 Å². The number of rotatable bonds is 4. The lowest BCUT2D eigenvalue weighted by Crippen LogP contribution is -2.23. The van der Waals surface area contributed by atoms with E-state index >= 15 is 0 Å². The maximum absolute atomic E-state index is 13.0. The van der Waals surface area contributed by atoms with Crippen molar-refractivity contribution in [2.45, 2.75) is 31.2 Å². The van der Waals surface area contributed by atoms with Gasteiger partial charge in [0.25, 0.3) is 0 Å². The lowest BCUT2D eigenvalue weighted by molar-refractivity contribution is -0.115. The minimum atomic E-state index is -0.364. The Balaban J connectivity index is 1.57. The molecule has 1 N–H and O–H groups in total. The standard InChI is InChI=1S/C23H22N6OS/c1-13-20(14(2)28(4)27-13)26-22(30)15(3)31-23-25-17-10-6-5-9-16(17)21-24-18-11-7-8-12-19(18)29(21)23/h5-12,15H,1-4H3,(H,26,30). The smallest absolute Gasteiger partial charge is 0.237 e. The number of anilines is 1. The van der Waals surface area contributed by atoms with E-state index in [-0.39, 0.29) is 11.2 Å². The molecule has 8 heteroatoms. The molecule has 0 aliphatic rings. The molecule has 1 atom stereocenters. The lowest BCUT2D eigenvalue weighted by Gasteiger charge is -2.14. The second-order valence-electron chi connectivity index (χ2n) is 7.59. The molecule has 1 unspecified atom stereocenters. The van der Waals surface area contributed by atoms with Gasteiger partial charge in [-0.25, -0.2) is 9.97 Å². The highest BCUT2D eigenvalue weighted by Crippen LogP contribution is 2.31. The van der Waals surface area contributed by atoms with Crippen LogP contribution in [0.15, 0.2) is 53.7 Å². The van der Waals surface area contributed by atoms with E-state index < -0.39 is 0 Å². The fraction of sp³-hybridized carbons (Fsp3) is 0.217. The molecule has 5 rings (SSSR count). The molecule has 0 radical (unpaired) electrons. The molecule has 5 aromatic rings. The Morgan fingerprint density at radius 1 is 1.03 bits per heavy atom. The second kappa shape index (κ2) is 7.39. The molecule has 1 amide bonds. The summed E-state index contributed by atoms with van der Waals surface area (Å²) in [7, 11) is 1.87. The molecular formula is C23H22N6OS. The zero-order chi connectivity index (χ0) is 21.7. The van der Waals surface area contributed by atoms with E-state index in [9.17, 15) is 4.79 Å². The van der Waals surface area contributed by atoms with Gasteiger partial charge < -0.3 is 5.32 Å². The first-order valence-electron chi connectivity index (χ1n) is 10.1. The van der Waals surface area contributed by atoms with Gasteiger partial charge in [0, 0.05) is 12.4 Å². The van der Waals surface area contributed by atoms with Gasteiger partial charge in [-0.3, -0.25) is 13.9 Å². The number of nitrogens with one attached hydrogen (secondary N) is 1. The van der Waals surface area contributed by atoms with Gasteiger partial charge in [0.1, 0.15) is 5.65 Å². The number of hydrogen-bond donors (Lipinski definition) is 1. The van der Waals surface area contributed by atoms with Crippen molar-refractivity contribution in [1.82, 2.24) is 24.1 Å². The summed E-state index contributed by atoms with van der Waals surface area (Å²) in [4.78, 5) is 22.7. The molecule has 0 saturated heterocycles. The van der Waals surface area contributed by atoms with E-state index in [1.807, 2.05) is 80.8 Å². The summed E-state index contributed by atoms with van der Waals surface area (Å²) in [5.74, 6) is -0.0864. The van der Waals surface area contributed by atoms with Gasteiger partial charge >= 0.3 is 0 Å². The first kappa shape index (κ1) is 19.6. The van der Waals surface area contributed by atoms with Crippen LogP contribution in [0.25, 0.3) is 27.6 Å². The molecular weight excluding hydrogens is 408 g/mol.